The zero-order chi connectivity index (χ0) is 17.8. The van der Waals surface area contributed by atoms with Gasteiger partial charge in [0.05, 0.1) is 7.85 Å². The molecule has 0 unspecified atom stereocenters. The van der Waals surface area contributed by atoms with Crippen molar-refractivity contribution in [2.75, 3.05) is 7.05 Å². The van der Waals surface area contributed by atoms with E-state index < -0.39 is 6.03 Å². The van der Waals surface area contributed by atoms with Crippen LogP contribution < -0.4 is 39.6 Å². The van der Waals surface area contributed by atoms with Gasteiger partial charge in [-0.1, -0.05) is 42.5 Å². The van der Waals surface area contributed by atoms with E-state index in [0.717, 1.165) is 16.9 Å². The Kier molecular flexibility index (Phi) is 12.3. The van der Waals surface area contributed by atoms with Gasteiger partial charge in [0.2, 0.25) is 0 Å². The van der Waals surface area contributed by atoms with Crippen molar-refractivity contribution in [2.45, 2.75) is 13.2 Å². The Morgan fingerprint density at radius 3 is 2.28 bits per heavy atom. The van der Waals surface area contributed by atoms with Crippen molar-refractivity contribution in [3.8, 4) is 11.7 Å². The Labute approximate surface area is 171 Å². The number of benzene rings is 2. The number of carbonyl (C=O) groups excluding carboxylic acids is 1. The molecule has 2 aromatic carbocycles. The van der Waals surface area contributed by atoms with Crippen LogP contribution in [-0.2, 0) is 13.2 Å². The van der Waals surface area contributed by atoms with Crippen molar-refractivity contribution in [3.63, 3.8) is 0 Å². The largest absolute Gasteiger partial charge is 1.00 e. The summed E-state index contributed by atoms with van der Waals surface area (Å²) in [6, 6.07) is 16.8. The molecule has 8 heteroatoms. The first kappa shape index (κ1) is 23.0. The van der Waals surface area contributed by atoms with Crippen LogP contribution in [0.25, 0.3) is 0 Å². The molecular formula is C17H21BN3NaO3. The van der Waals surface area contributed by atoms with Gasteiger partial charge in [0, 0.05) is 13.6 Å². The summed E-state index contributed by atoms with van der Waals surface area (Å²) in [6.07, 6.45) is 0. The third-order valence-electron chi connectivity index (χ3n) is 2.91. The molecule has 0 bridgehead atoms. The summed E-state index contributed by atoms with van der Waals surface area (Å²) >= 11 is 0. The van der Waals surface area contributed by atoms with E-state index in [9.17, 15) is 4.79 Å². The van der Waals surface area contributed by atoms with Gasteiger partial charge >= 0.3 is 35.6 Å². The average molecular weight is 349 g/mol. The van der Waals surface area contributed by atoms with Crippen LogP contribution in [0.5, 0.6) is 5.75 Å². The second-order valence-corrected chi connectivity index (χ2v) is 4.60. The summed E-state index contributed by atoms with van der Waals surface area (Å²) < 4.78 is 5.68. The molecule has 0 heterocycles. The summed E-state index contributed by atoms with van der Waals surface area (Å²) in [4.78, 5) is 11.2. The van der Waals surface area contributed by atoms with Gasteiger partial charge in [0.1, 0.15) is 12.4 Å². The van der Waals surface area contributed by atoms with E-state index in [0.29, 0.717) is 18.2 Å². The number of nitriles is 1. The number of amides is 2. The Bertz CT molecular complexity index is 661. The van der Waals surface area contributed by atoms with Crippen molar-refractivity contribution in [3.05, 3.63) is 65.7 Å². The third-order valence-corrected chi connectivity index (χ3v) is 2.91. The number of carbonyl (C=O) groups is 1. The molecule has 0 aliphatic heterocycles. The number of nitrogens with zero attached hydrogens (tertiary/aromatic N) is 2. The maximum absolute atomic E-state index is 11.2. The van der Waals surface area contributed by atoms with Gasteiger partial charge in [-0.15, -0.1) is 0 Å². The van der Waals surface area contributed by atoms with Crippen LogP contribution in [0, 0.1) is 11.2 Å². The Balaban J connectivity index is 0.00000134. The molecule has 2 amide bonds. The summed E-state index contributed by atoms with van der Waals surface area (Å²) in [5.74, 6) is 2.77. The minimum absolute atomic E-state index is 0. The molecule has 0 radical (unpaired) electrons. The molecule has 0 saturated heterocycles. The summed E-state index contributed by atoms with van der Waals surface area (Å²) in [6.45, 7) is 0.870. The Morgan fingerprint density at radius 2 is 1.76 bits per heavy atom. The fraction of sp³-hybridized carbons (Fsp3) is 0.176. The smallest absolute Gasteiger partial charge is 0.489 e. The van der Waals surface area contributed by atoms with Gasteiger partial charge in [-0.25, -0.2) is 9.86 Å². The van der Waals surface area contributed by atoms with Crippen LogP contribution in [0.15, 0.2) is 54.6 Å². The normalized spacial score (nSPS) is 8.72. The first-order valence-corrected chi connectivity index (χ1v) is 6.83. The van der Waals surface area contributed by atoms with Crippen molar-refractivity contribution in [1.82, 2.24) is 10.4 Å². The number of rotatable bonds is 5. The third kappa shape index (κ3) is 9.80. The minimum Gasteiger partial charge on any atom is -0.489 e. The molecule has 2 aromatic rings. The number of nitrogens with one attached hydrogen (secondary N) is 1. The maximum Gasteiger partial charge on any atom is 1.00 e. The van der Waals surface area contributed by atoms with E-state index in [2.05, 4.69) is 5.32 Å². The quantitative estimate of drug-likeness (QED) is 0.396. The topological polar surface area (TPSA) is 85.6 Å². The molecule has 0 fully saturated rings. The zero-order valence-corrected chi connectivity index (χ0v) is 15.8. The van der Waals surface area contributed by atoms with Crippen LogP contribution in [0.1, 0.15) is 11.1 Å². The predicted molar refractivity (Wildman–Crippen MR) is 94.6 cm³/mol. The standard InChI is InChI=1S/C16H18N2O3.CH3BN.Na/c1-18(20)16(19)17-11-13-7-9-15(10-8-13)21-12-14-5-3-2-4-6-14;2-1-3;/h2-10,20H,11-12H2,1H3,(H,17,19);2H3;/q;-1;+1. The van der Waals surface area contributed by atoms with Crippen molar-refractivity contribution >= 4 is 13.9 Å². The molecule has 2 N–H and O–H groups in total. The van der Waals surface area contributed by atoms with E-state index >= 15 is 0 Å². The second-order valence-electron chi connectivity index (χ2n) is 4.60. The second kappa shape index (κ2) is 13.3. The van der Waals surface area contributed by atoms with Gasteiger partial charge in [-0.3, -0.25) is 10.5 Å². The SMILES string of the molecule is CN(O)C(=O)NCc1ccc(OCc2ccccc2)cc1.[BH3-]C#N.[Na+]. The predicted octanol–water partition coefficient (Wildman–Crippen LogP) is -1.37. The Hall–Kier alpha value is -1.98. The number of urea groups is 1. The van der Waals surface area contributed by atoms with E-state index in [4.69, 9.17) is 15.2 Å². The molecule has 0 saturated carbocycles. The molecule has 0 aliphatic rings. The summed E-state index contributed by atoms with van der Waals surface area (Å²) in [7, 11) is 1.34. The van der Waals surface area contributed by atoms with Crippen molar-refractivity contribution in [2.24, 2.45) is 0 Å². The number of hydroxylamine groups is 2. The molecule has 6 nitrogen and oxygen atoms in total. The van der Waals surface area contributed by atoms with Crippen molar-refractivity contribution in [1.29, 1.82) is 5.26 Å². The molecule has 25 heavy (non-hydrogen) atoms. The van der Waals surface area contributed by atoms with Crippen molar-refractivity contribution < 1.29 is 44.3 Å². The van der Waals surface area contributed by atoms with Gasteiger partial charge in [0.15, 0.2) is 0 Å². The van der Waals surface area contributed by atoms with Crippen LogP contribution in [0.2, 0.25) is 0 Å². The monoisotopic (exact) mass is 349 g/mol. The summed E-state index contributed by atoms with van der Waals surface area (Å²) in [5, 5.41) is 19.4. The minimum atomic E-state index is -0.542. The Morgan fingerprint density at radius 1 is 1.20 bits per heavy atom. The molecule has 2 rings (SSSR count). The summed E-state index contributed by atoms with van der Waals surface area (Å²) in [5.41, 5.74) is 2.04. The maximum atomic E-state index is 11.2. The van der Waals surface area contributed by atoms with Gasteiger partial charge < -0.3 is 10.1 Å². The molecule has 0 atom stereocenters. The first-order chi connectivity index (χ1) is 11.6. The number of hydrogen-bond donors (Lipinski definition) is 2. The van der Waals surface area contributed by atoms with Crippen LogP contribution >= 0.6 is 0 Å². The van der Waals surface area contributed by atoms with Gasteiger partial charge in [-0.05, 0) is 23.3 Å². The van der Waals surface area contributed by atoms with Gasteiger partial charge in [-0.2, -0.15) is 5.97 Å². The molecule has 126 valence electrons. The molecular weight excluding hydrogens is 328 g/mol. The zero-order valence-electron chi connectivity index (χ0n) is 13.8. The van der Waals surface area contributed by atoms with Crippen LogP contribution in [0.3, 0.4) is 0 Å². The first-order valence-electron chi connectivity index (χ1n) is 6.83. The van der Waals surface area contributed by atoms with Gasteiger partial charge in [0.25, 0.3) is 0 Å². The van der Waals surface area contributed by atoms with Crippen LogP contribution in [0.4, 0.5) is 4.79 Å². The van der Waals surface area contributed by atoms with E-state index in [-0.39, 0.29) is 37.4 Å². The van der Waals surface area contributed by atoms with E-state index in [1.165, 1.54) is 7.05 Å². The molecule has 0 spiro atoms. The molecule has 0 aromatic heterocycles. The number of ether oxygens (including phenoxy) is 1. The average Bonchev–Trinajstić information content (AvgIpc) is 2.60. The molecule has 0 aliphatic carbocycles. The number of hydrogen-bond acceptors (Lipinski definition) is 4. The van der Waals surface area contributed by atoms with Crippen LogP contribution in [-0.4, -0.2) is 31.2 Å². The van der Waals surface area contributed by atoms with E-state index in [1.54, 1.807) is 0 Å². The fourth-order valence-corrected chi connectivity index (χ4v) is 1.74. The van der Waals surface area contributed by atoms with E-state index in [1.807, 2.05) is 60.6 Å². The fourth-order valence-electron chi connectivity index (χ4n) is 1.74.